The zero-order chi connectivity index (χ0) is 27.5. The van der Waals surface area contributed by atoms with Gasteiger partial charge in [-0.15, -0.1) is 0 Å². The molecule has 13 heteroatoms. The number of alkyl halides is 3. The van der Waals surface area contributed by atoms with E-state index >= 15 is 0 Å². The van der Waals surface area contributed by atoms with Gasteiger partial charge in [-0.2, -0.15) is 18.3 Å². The molecule has 2 aliphatic rings. The fraction of sp³-hybridized carbons (Fsp3) is 0.400. The van der Waals surface area contributed by atoms with Crippen molar-refractivity contribution in [1.82, 2.24) is 24.6 Å². The van der Waals surface area contributed by atoms with Crippen LogP contribution < -0.4 is 0 Å². The van der Waals surface area contributed by atoms with Crippen molar-refractivity contribution in [3.63, 3.8) is 0 Å². The third-order valence-corrected chi connectivity index (χ3v) is 6.88. The van der Waals surface area contributed by atoms with Crippen LogP contribution in [0.4, 0.5) is 13.2 Å². The summed E-state index contributed by atoms with van der Waals surface area (Å²) in [6.45, 7) is 2.08. The van der Waals surface area contributed by atoms with Gasteiger partial charge in [0.25, 0.3) is 5.91 Å². The summed E-state index contributed by atoms with van der Waals surface area (Å²) in [6.07, 6.45) is 3.33. The average Bonchev–Trinajstić information content (AvgIpc) is 3.63. The van der Waals surface area contributed by atoms with Crippen molar-refractivity contribution in [2.24, 2.45) is 12.5 Å². The molecule has 0 aromatic carbocycles. The van der Waals surface area contributed by atoms with Crippen LogP contribution in [0.5, 0.6) is 0 Å². The standard InChI is InChI=1S/C23H25N5O3.C2HF3O2/c1-26-19(7-10-25-26)18-15-28(21(29)20-6-3-12-31-20)16-23(18)8-4-11-27(22(23)30)14-17-5-2-9-24-13-17;3-2(4,5)1(6)7/h2-3,5-7,9-10,12-13,18H,4,8,11,14-16H2,1H3;(H,6,7)/t18-,23+;/m0./s1. The number of rotatable bonds is 4. The van der Waals surface area contributed by atoms with E-state index in [1.165, 1.54) is 6.26 Å². The lowest BCUT2D eigenvalue weighted by atomic mass is 9.70. The zero-order valence-corrected chi connectivity index (χ0v) is 20.5. The Bertz CT molecular complexity index is 1280. The van der Waals surface area contributed by atoms with Crippen molar-refractivity contribution < 1.29 is 37.1 Å². The van der Waals surface area contributed by atoms with Crippen LogP contribution in [0.2, 0.25) is 0 Å². The van der Waals surface area contributed by atoms with Gasteiger partial charge in [-0.25, -0.2) is 4.79 Å². The first kappa shape index (κ1) is 26.9. The molecule has 5 heterocycles. The highest BCUT2D eigenvalue weighted by Crippen LogP contribution is 2.49. The van der Waals surface area contributed by atoms with E-state index in [1.54, 1.807) is 35.6 Å². The maximum atomic E-state index is 13.9. The molecule has 10 nitrogen and oxygen atoms in total. The minimum absolute atomic E-state index is 0.101. The van der Waals surface area contributed by atoms with Crippen LogP contribution in [0.1, 0.15) is 40.6 Å². The minimum Gasteiger partial charge on any atom is -0.475 e. The molecule has 0 unspecified atom stereocenters. The fourth-order valence-corrected chi connectivity index (χ4v) is 5.17. The molecule has 1 spiro atoms. The number of hydrogen-bond donors (Lipinski definition) is 1. The second-order valence-electron chi connectivity index (χ2n) is 9.25. The molecular weight excluding hydrogens is 507 g/mol. The van der Waals surface area contributed by atoms with Gasteiger partial charge in [-0.3, -0.25) is 19.3 Å². The van der Waals surface area contributed by atoms with Crippen molar-refractivity contribution in [3.05, 3.63) is 72.2 Å². The van der Waals surface area contributed by atoms with E-state index in [0.29, 0.717) is 31.9 Å². The minimum atomic E-state index is -5.08. The van der Waals surface area contributed by atoms with Crippen LogP contribution in [0.25, 0.3) is 0 Å². The molecule has 3 aromatic rings. The number of pyridine rings is 1. The maximum Gasteiger partial charge on any atom is 0.490 e. The third-order valence-electron chi connectivity index (χ3n) is 6.88. The smallest absolute Gasteiger partial charge is 0.475 e. The van der Waals surface area contributed by atoms with Crippen molar-refractivity contribution in [3.8, 4) is 0 Å². The Balaban J connectivity index is 0.000000426. The molecular formula is C25H26F3N5O5. The number of carboxylic acids is 1. The quantitative estimate of drug-likeness (QED) is 0.547. The number of carboxylic acid groups (broad SMARTS) is 1. The second kappa shape index (κ2) is 10.7. The summed E-state index contributed by atoms with van der Waals surface area (Å²) < 4.78 is 38.9. The van der Waals surface area contributed by atoms with Gasteiger partial charge in [-0.05, 0) is 42.7 Å². The zero-order valence-electron chi connectivity index (χ0n) is 20.5. The molecule has 2 saturated heterocycles. The number of amides is 2. The molecule has 2 aliphatic heterocycles. The lowest BCUT2D eigenvalue weighted by Crippen LogP contribution is -2.52. The lowest BCUT2D eigenvalue weighted by Gasteiger charge is -2.42. The van der Waals surface area contributed by atoms with E-state index in [9.17, 15) is 22.8 Å². The van der Waals surface area contributed by atoms with E-state index in [4.69, 9.17) is 14.3 Å². The first-order valence-corrected chi connectivity index (χ1v) is 11.8. The predicted octanol–water partition coefficient (Wildman–Crippen LogP) is 3.09. The largest absolute Gasteiger partial charge is 0.490 e. The van der Waals surface area contributed by atoms with Crippen molar-refractivity contribution in [2.75, 3.05) is 19.6 Å². The van der Waals surface area contributed by atoms with Crippen LogP contribution in [0, 0.1) is 5.41 Å². The highest BCUT2D eigenvalue weighted by molar-refractivity contribution is 5.93. The Kier molecular flexibility index (Phi) is 7.56. The molecule has 38 heavy (non-hydrogen) atoms. The van der Waals surface area contributed by atoms with E-state index in [2.05, 4.69) is 10.1 Å². The molecule has 3 aromatic heterocycles. The monoisotopic (exact) mass is 533 g/mol. The van der Waals surface area contributed by atoms with Gasteiger partial charge < -0.3 is 19.3 Å². The maximum absolute atomic E-state index is 13.9. The number of halogens is 3. The highest BCUT2D eigenvalue weighted by atomic mass is 19.4. The molecule has 0 bridgehead atoms. The number of aliphatic carboxylic acids is 1. The summed E-state index contributed by atoms with van der Waals surface area (Å²) in [5.41, 5.74) is 1.31. The van der Waals surface area contributed by atoms with Crippen molar-refractivity contribution in [2.45, 2.75) is 31.5 Å². The first-order valence-electron chi connectivity index (χ1n) is 11.8. The summed E-state index contributed by atoms with van der Waals surface area (Å²) in [6, 6.07) is 9.21. The number of carbonyl (C=O) groups is 3. The fourth-order valence-electron chi connectivity index (χ4n) is 5.17. The number of furan rings is 1. The SMILES string of the molecule is Cn1nccc1[C@@H]1CN(C(=O)c2ccco2)C[C@]12CCCN(Cc1cccnc1)C2=O.O=C(O)C(F)(F)F. The topological polar surface area (TPSA) is 122 Å². The second-order valence-corrected chi connectivity index (χ2v) is 9.25. The first-order chi connectivity index (χ1) is 18.0. The normalized spacial score (nSPS) is 21.4. The van der Waals surface area contributed by atoms with Crippen molar-refractivity contribution >= 4 is 17.8 Å². The molecule has 0 saturated carbocycles. The van der Waals surface area contributed by atoms with E-state index in [1.807, 2.05) is 34.8 Å². The molecule has 2 atom stereocenters. The molecule has 202 valence electrons. The summed E-state index contributed by atoms with van der Waals surface area (Å²) in [7, 11) is 1.89. The number of carbonyl (C=O) groups excluding carboxylic acids is 2. The van der Waals surface area contributed by atoms with E-state index in [0.717, 1.165) is 24.1 Å². The van der Waals surface area contributed by atoms with Gasteiger partial charge in [0.1, 0.15) is 0 Å². The number of piperidine rings is 1. The summed E-state index contributed by atoms with van der Waals surface area (Å²) >= 11 is 0. The van der Waals surface area contributed by atoms with Crippen LogP contribution in [0.15, 0.2) is 59.6 Å². The van der Waals surface area contributed by atoms with Gasteiger partial charge in [-0.1, -0.05) is 6.07 Å². The number of hydrogen-bond acceptors (Lipinski definition) is 6. The number of aryl methyl sites for hydroxylation is 1. The Morgan fingerprint density at radius 2 is 1.97 bits per heavy atom. The van der Waals surface area contributed by atoms with Gasteiger partial charge >= 0.3 is 12.1 Å². The van der Waals surface area contributed by atoms with Gasteiger partial charge in [0.05, 0.1) is 11.7 Å². The number of nitrogens with zero attached hydrogens (tertiary/aromatic N) is 5. The lowest BCUT2D eigenvalue weighted by molar-refractivity contribution is -0.192. The number of likely N-dealkylation sites (tertiary alicyclic amines) is 2. The summed E-state index contributed by atoms with van der Waals surface area (Å²) in [4.78, 5) is 43.8. The van der Waals surface area contributed by atoms with Crippen LogP contribution in [0.3, 0.4) is 0 Å². The number of aromatic nitrogens is 3. The molecule has 5 rings (SSSR count). The Morgan fingerprint density at radius 3 is 2.55 bits per heavy atom. The third kappa shape index (κ3) is 5.41. The van der Waals surface area contributed by atoms with Crippen LogP contribution in [-0.4, -0.2) is 73.3 Å². The van der Waals surface area contributed by atoms with Gasteiger partial charge in [0, 0.05) is 63.4 Å². The predicted molar refractivity (Wildman–Crippen MR) is 126 cm³/mol. The van der Waals surface area contributed by atoms with Crippen LogP contribution >= 0.6 is 0 Å². The summed E-state index contributed by atoms with van der Waals surface area (Å²) in [5.74, 6) is -2.65. The van der Waals surface area contributed by atoms with E-state index < -0.39 is 17.6 Å². The molecule has 0 aliphatic carbocycles. The molecule has 0 radical (unpaired) electrons. The van der Waals surface area contributed by atoms with Crippen LogP contribution in [-0.2, 0) is 23.2 Å². The highest BCUT2D eigenvalue weighted by Gasteiger charge is 2.57. The Morgan fingerprint density at radius 1 is 1.21 bits per heavy atom. The van der Waals surface area contributed by atoms with E-state index in [-0.39, 0.29) is 17.7 Å². The summed E-state index contributed by atoms with van der Waals surface area (Å²) in [5, 5.41) is 11.5. The molecule has 1 N–H and O–H groups in total. The van der Waals surface area contributed by atoms with Gasteiger partial charge in [0.2, 0.25) is 5.91 Å². The average molecular weight is 534 g/mol. The Hall–Kier alpha value is -4.16. The van der Waals surface area contributed by atoms with Gasteiger partial charge in [0.15, 0.2) is 5.76 Å². The van der Waals surface area contributed by atoms with Crippen molar-refractivity contribution in [1.29, 1.82) is 0 Å². The Labute approximate surface area is 215 Å². The molecule has 2 fully saturated rings. The molecule has 2 amide bonds.